The molecule has 0 bridgehead atoms. The number of aromatic nitrogens is 2. The number of nitrogen functional groups attached to an aromatic ring is 1. The van der Waals surface area contributed by atoms with Crippen LogP contribution < -0.4 is 41.5 Å². The summed E-state index contributed by atoms with van der Waals surface area (Å²) >= 11 is 6.58. The van der Waals surface area contributed by atoms with Crippen LogP contribution in [-0.4, -0.2) is 40.2 Å². The van der Waals surface area contributed by atoms with E-state index in [9.17, 15) is 4.79 Å². The zero-order valence-electron chi connectivity index (χ0n) is 31.1. The Kier molecular flexibility index (Phi) is 11.9. The van der Waals surface area contributed by atoms with Crippen molar-refractivity contribution in [2.24, 2.45) is 23.3 Å². The summed E-state index contributed by atoms with van der Waals surface area (Å²) in [7, 11) is 0. The first kappa shape index (κ1) is 38.6. The van der Waals surface area contributed by atoms with Gasteiger partial charge in [-0.3, -0.25) is 4.79 Å². The van der Waals surface area contributed by atoms with Gasteiger partial charge in [0.2, 0.25) is 5.91 Å². The Morgan fingerprint density at radius 3 is 2.10 bits per heavy atom. The summed E-state index contributed by atoms with van der Waals surface area (Å²) in [5.41, 5.74) is 23.5. The van der Waals surface area contributed by atoms with Crippen LogP contribution in [0.15, 0.2) is 54.9 Å². The molecule has 2 aliphatic heterocycles. The number of carbonyl (C=O) groups excluding carboxylic acids is 1. The molecule has 278 valence electrons. The van der Waals surface area contributed by atoms with Gasteiger partial charge in [-0.15, -0.1) is 0 Å². The SMILES string of the molecule is CC(=O)Nc1cc2c(cn1)COc1c-2ccc(OCC(C)(N)CC(C)C)c1Cl.CC(C)CC(C)(N)COc1ccc2c(c1)OCc1cnc(N)cc1-2. The van der Waals surface area contributed by atoms with Gasteiger partial charge in [0.05, 0.1) is 0 Å². The fraction of sp³-hybridized carbons (Fsp3) is 0.425. The predicted molar refractivity (Wildman–Crippen MR) is 207 cm³/mol. The first-order chi connectivity index (χ1) is 24.5. The van der Waals surface area contributed by atoms with Crippen LogP contribution in [0.5, 0.6) is 23.0 Å². The molecular formula is C40H51ClN6O5. The Bertz CT molecular complexity index is 1910. The summed E-state index contributed by atoms with van der Waals surface area (Å²) in [5.74, 6) is 4.50. The maximum absolute atomic E-state index is 11.3. The number of nitrogens with two attached hydrogens (primary N) is 3. The van der Waals surface area contributed by atoms with E-state index in [1.54, 1.807) is 12.4 Å². The Hall–Kier alpha value is -4.58. The van der Waals surface area contributed by atoms with Crippen molar-refractivity contribution in [3.05, 3.63) is 71.0 Å². The number of hydrogen-bond donors (Lipinski definition) is 4. The number of nitrogens with zero attached hydrogens (tertiary/aromatic N) is 2. The smallest absolute Gasteiger partial charge is 0.222 e. The van der Waals surface area contributed by atoms with E-state index < -0.39 is 5.54 Å². The number of nitrogens with one attached hydrogen (secondary N) is 1. The average molecular weight is 731 g/mol. The third-order valence-corrected chi connectivity index (χ3v) is 8.88. The molecule has 52 heavy (non-hydrogen) atoms. The minimum atomic E-state index is -0.445. The molecule has 2 aliphatic rings. The van der Waals surface area contributed by atoms with Gasteiger partial charge in [-0.05, 0) is 86.1 Å². The molecule has 2 unspecified atom stereocenters. The molecule has 0 radical (unpaired) electrons. The normalized spacial score (nSPS) is 14.8. The van der Waals surface area contributed by atoms with Crippen molar-refractivity contribution in [3.8, 4) is 45.3 Å². The van der Waals surface area contributed by atoms with Gasteiger partial charge < -0.3 is 41.5 Å². The van der Waals surface area contributed by atoms with Crippen LogP contribution in [0.1, 0.15) is 72.4 Å². The van der Waals surface area contributed by atoms with Gasteiger partial charge in [0.15, 0.2) is 0 Å². The van der Waals surface area contributed by atoms with Crippen molar-refractivity contribution in [1.29, 1.82) is 0 Å². The second-order valence-corrected chi connectivity index (χ2v) is 15.6. The first-order valence-corrected chi connectivity index (χ1v) is 17.9. The molecule has 2 atom stereocenters. The summed E-state index contributed by atoms with van der Waals surface area (Å²) in [6, 6.07) is 13.3. The van der Waals surface area contributed by atoms with Crippen LogP contribution in [0, 0.1) is 11.8 Å². The van der Waals surface area contributed by atoms with Crippen LogP contribution in [-0.2, 0) is 18.0 Å². The molecule has 0 aliphatic carbocycles. The molecule has 2 aromatic heterocycles. The lowest BCUT2D eigenvalue weighted by atomic mass is 9.93. The van der Waals surface area contributed by atoms with Crippen molar-refractivity contribution >= 4 is 29.1 Å². The fourth-order valence-corrected chi connectivity index (χ4v) is 6.95. The van der Waals surface area contributed by atoms with E-state index in [1.807, 2.05) is 56.3 Å². The summed E-state index contributed by atoms with van der Waals surface area (Å²) in [5, 5.41) is 3.12. The highest BCUT2D eigenvalue weighted by atomic mass is 35.5. The molecule has 11 nitrogen and oxygen atoms in total. The van der Waals surface area contributed by atoms with Crippen molar-refractivity contribution in [2.75, 3.05) is 24.3 Å². The highest BCUT2D eigenvalue weighted by Gasteiger charge is 2.26. The monoisotopic (exact) mass is 730 g/mol. The minimum absolute atomic E-state index is 0.173. The van der Waals surface area contributed by atoms with Gasteiger partial charge in [-0.25, -0.2) is 9.97 Å². The maximum atomic E-state index is 11.3. The quantitative estimate of drug-likeness (QED) is 0.120. The van der Waals surface area contributed by atoms with Crippen molar-refractivity contribution in [1.82, 2.24) is 9.97 Å². The molecule has 0 fully saturated rings. The Morgan fingerprint density at radius 2 is 1.44 bits per heavy atom. The lowest BCUT2D eigenvalue weighted by molar-refractivity contribution is -0.114. The molecule has 6 rings (SSSR count). The topological polar surface area (TPSA) is 170 Å². The van der Waals surface area contributed by atoms with Crippen LogP contribution in [0.25, 0.3) is 22.3 Å². The minimum Gasteiger partial charge on any atom is -0.492 e. The maximum Gasteiger partial charge on any atom is 0.222 e. The number of hydrogen-bond acceptors (Lipinski definition) is 10. The molecule has 0 saturated heterocycles. The Labute approximate surface area is 311 Å². The number of benzene rings is 2. The van der Waals surface area contributed by atoms with Gasteiger partial charge in [0, 0.05) is 58.7 Å². The molecule has 12 heteroatoms. The van der Waals surface area contributed by atoms with E-state index >= 15 is 0 Å². The number of anilines is 2. The van der Waals surface area contributed by atoms with Gasteiger partial charge in [0.25, 0.3) is 0 Å². The van der Waals surface area contributed by atoms with E-state index in [-0.39, 0.29) is 11.4 Å². The van der Waals surface area contributed by atoms with Gasteiger partial charge in [-0.2, -0.15) is 0 Å². The average Bonchev–Trinajstić information content (AvgIpc) is 3.05. The standard InChI is InChI=1S/C21H26ClN3O3.C19H25N3O2/c1-12(2)8-21(4,23)11-28-17-6-5-15-16-7-18(25-13(3)26)24-9-14(16)10-27-20(15)19(17)22;1-12(2)8-19(3,21)11-24-14-4-5-15-16-7-18(20)22-9-13(16)10-23-17(15)6-14/h5-7,9,12H,8,10-11,23H2,1-4H3,(H,24,25,26);4-7,9,12H,8,10-11,21H2,1-3H3,(H2,20,22). The van der Waals surface area contributed by atoms with E-state index in [0.29, 0.717) is 66.4 Å². The van der Waals surface area contributed by atoms with Crippen molar-refractivity contribution in [3.63, 3.8) is 0 Å². The van der Waals surface area contributed by atoms with Crippen LogP contribution in [0.3, 0.4) is 0 Å². The molecule has 4 heterocycles. The zero-order chi connectivity index (χ0) is 37.8. The van der Waals surface area contributed by atoms with Crippen molar-refractivity contribution < 1.29 is 23.7 Å². The summed E-state index contributed by atoms with van der Waals surface area (Å²) in [6.45, 7) is 15.7. The van der Waals surface area contributed by atoms with E-state index in [2.05, 4.69) is 43.0 Å². The highest BCUT2D eigenvalue weighted by Crippen LogP contribution is 2.46. The number of pyridine rings is 2. The van der Waals surface area contributed by atoms with Gasteiger partial charge >= 0.3 is 0 Å². The van der Waals surface area contributed by atoms with Gasteiger partial charge in [-0.1, -0.05) is 39.3 Å². The number of rotatable bonds is 11. The van der Waals surface area contributed by atoms with Crippen molar-refractivity contribution in [2.45, 2.75) is 85.6 Å². The summed E-state index contributed by atoms with van der Waals surface area (Å²) in [4.78, 5) is 19.7. The largest absolute Gasteiger partial charge is 0.492 e. The van der Waals surface area contributed by atoms with Gasteiger partial charge in [0.1, 0.15) is 66.1 Å². The van der Waals surface area contributed by atoms with E-state index in [0.717, 1.165) is 57.7 Å². The molecule has 7 N–H and O–H groups in total. The zero-order valence-corrected chi connectivity index (χ0v) is 31.9. The van der Waals surface area contributed by atoms with E-state index in [4.69, 9.17) is 47.7 Å². The Balaban J connectivity index is 0.000000203. The number of fused-ring (bicyclic) bond motifs is 6. The third kappa shape index (κ3) is 9.84. The second kappa shape index (κ2) is 16.0. The molecular weight excluding hydrogens is 680 g/mol. The summed E-state index contributed by atoms with van der Waals surface area (Å²) < 4.78 is 23.5. The first-order valence-electron chi connectivity index (χ1n) is 17.6. The molecule has 0 spiro atoms. The third-order valence-electron chi connectivity index (χ3n) is 8.52. The predicted octanol–water partition coefficient (Wildman–Crippen LogP) is 7.76. The number of halogens is 1. The lowest BCUT2D eigenvalue weighted by Crippen LogP contribution is -2.43. The van der Waals surface area contributed by atoms with E-state index in [1.165, 1.54) is 6.92 Å². The molecule has 2 aromatic carbocycles. The fourth-order valence-electron chi connectivity index (χ4n) is 6.68. The highest BCUT2D eigenvalue weighted by molar-refractivity contribution is 6.34. The number of amides is 1. The molecule has 1 amide bonds. The molecule has 4 aromatic rings. The second-order valence-electron chi connectivity index (χ2n) is 15.2. The molecule has 0 saturated carbocycles. The van der Waals surface area contributed by atoms with Crippen LogP contribution in [0.4, 0.5) is 11.6 Å². The lowest BCUT2D eigenvalue weighted by Gasteiger charge is -2.28. The Morgan fingerprint density at radius 1 is 0.846 bits per heavy atom. The van der Waals surface area contributed by atoms with Crippen LogP contribution >= 0.6 is 11.6 Å². The number of ether oxygens (including phenoxy) is 4. The van der Waals surface area contributed by atoms with Crippen LogP contribution in [0.2, 0.25) is 5.02 Å². The summed E-state index contributed by atoms with van der Waals surface area (Å²) in [6.07, 6.45) is 5.23. The number of carbonyl (C=O) groups is 1.